The molecule has 1 N–H and O–H groups in total. The number of halogens is 1. The van der Waals surface area contributed by atoms with E-state index in [-0.39, 0.29) is 6.61 Å². The number of ether oxygens (including phenoxy) is 2. The van der Waals surface area contributed by atoms with E-state index in [2.05, 4.69) is 21.2 Å². The van der Waals surface area contributed by atoms with Gasteiger partial charge in [-0.3, -0.25) is 0 Å². The fourth-order valence-electron chi connectivity index (χ4n) is 2.33. The van der Waals surface area contributed by atoms with E-state index in [4.69, 9.17) is 9.47 Å². The van der Waals surface area contributed by atoms with E-state index in [1.54, 1.807) is 0 Å². The van der Waals surface area contributed by atoms with Crippen LogP contribution in [0.25, 0.3) is 0 Å². The number of carbonyl (C=O) groups excluding carboxylic acids is 2. The summed E-state index contributed by atoms with van der Waals surface area (Å²) < 4.78 is 10.6. The molecule has 1 amide bonds. The summed E-state index contributed by atoms with van der Waals surface area (Å²) >= 11 is 3.41. The van der Waals surface area contributed by atoms with E-state index in [9.17, 15) is 9.59 Å². The predicted octanol–water partition coefficient (Wildman–Crippen LogP) is 4.97. The standard InChI is InChI=1S/C20H30BrNO4/c1-20(2,3)26-18(23)17(13-9-4-5-10-14-21)22-19(24)25-15-16-11-7-6-8-12-16/h6-8,11-12,17H,4-5,9-10,13-15H2,1-3H3,(H,22,24)/t17-/m0/s1. The number of unbranched alkanes of at least 4 members (excludes halogenated alkanes) is 3. The highest BCUT2D eigenvalue weighted by Gasteiger charge is 2.26. The van der Waals surface area contributed by atoms with Crippen LogP contribution in [0.3, 0.4) is 0 Å². The minimum absolute atomic E-state index is 0.166. The van der Waals surface area contributed by atoms with Crippen molar-refractivity contribution in [2.75, 3.05) is 5.33 Å². The lowest BCUT2D eigenvalue weighted by atomic mass is 10.1. The van der Waals surface area contributed by atoms with Crippen molar-refractivity contribution in [3.63, 3.8) is 0 Å². The minimum atomic E-state index is -0.693. The predicted molar refractivity (Wildman–Crippen MR) is 106 cm³/mol. The van der Waals surface area contributed by atoms with E-state index >= 15 is 0 Å². The number of amides is 1. The summed E-state index contributed by atoms with van der Waals surface area (Å²) in [6.07, 6.45) is 3.97. The molecule has 1 aromatic rings. The molecule has 0 heterocycles. The van der Waals surface area contributed by atoms with Crippen molar-refractivity contribution in [3.05, 3.63) is 35.9 Å². The first-order valence-electron chi connectivity index (χ1n) is 9.08. The fraction of sp³-hybridized carbons (Fsp3) is 0.600. The Bertz CT molecular complexity index is 542. The molecule has 1 atom stereocenters. The Morgan fingerprint density at radius 2 is 1.73 bits per heavy atom. The zero-order valence-electron chi connectivity index (χ0n) is 15.9. The maximum atomic E-state index is 12.4. The summed E-state index contributed by atoms with van der Waals surface area (Å²) in [7, 11) is 0. The van der Waals surface area contributed by atoms with Gasteiger partial charge in [0.25, 0.3) is 0 Å². The lowest BCUT2D eigenvalue weighted by Crippen LogP contribution is -2.44. The zero-order valence-corrected chi connectivity index (χ0v) is 17.5. The van der Waals surface area contributed by atoms with Crippen LogP contribution >= 0.6 is 15.9 Å². The Morgan fingerprint density at radius 1 is 1.08 bits per heavy atom. The van der Waals surface area contributed by atoms with Crippen LogP contribution in [0.5, 0.6) is 0 Å². The highest BCUT2D eigenvalue weighted by atomic mass is 79.9. The van der Waals surface area contributed by atoms with Crippen LogP contribution in [0.4, 0.5) is 4.79 Å². The second-order valence-corrected chi connectivity index (χ2v) is 7.98. The Morgan fingerprint density at radius 3 is 2.35 bits per heavy atom. The number of rotatable bonds is 10. The van der Waals surface area contributed by atoms with Gasteiger partial charge in [0.15, 0.2) is 0 Å². The first-order valence-corrected chi connectivity index (χ1v) is 10.2. The smallest absolute Gasteiger partial charge is 0.408 e. The molecule has 6 heteroatoms. The number of nitrogens with one attached hydrogen (secondary N) is 1. The third-order valence-electron chi connectivity index (χ3n) is 3.57. The maximum Gasteiger partial charge on any atom is 0.408 e. The van der Waals surface area contributed by atoms with Crippen molar-refractivity contribution in [3.8, 4) is 0 Å². The number of esters is 1. The first-order chi connectivity index (χ1) is 12.3. The number of carbonyl (C=O) groups is 2. The summed E-state index contributed by atoms with van der Waals surface area (Å²) in [5, 5.41) is 3.63. The average Bonchev–Trinajstić information content (AvgIpc) is 2.58. The molecular weight excluding hydrogens is 398 g/mol. The molecule has 0 bridgehead atoms. The molecule has 0 aliphatic heterocycles. The van der Waals surface area contributed by atoms with Crippen LogP contribution in [0.2, 0.25) is 0 Å². The zero-order chi connectivity index (χ0) is 19.4. The Labute approximate surface area is 165 Å². The van der Waals surface area contributed by atoms with Gasteiger partial charge in [0.1, 0.15) is 18.2 Å². The third-order valence-corrected chi connectivity index (χ3v) is 4.13. The van der Waals surface area contributed by atoms with E-state index in [0.717, 1.165) is 36.6 Å². The molecule has 146 valence electrons. The number of benzene rings is 1. The molecule has 5 nitrogen and oxygen atoms in total. The van der Waals surface area contributed by atoms with Crippen LogP contribution in [-0.2, 0) is 20.9 Å². The molecule has 0 unspecified atom stereocenters. The van der Waals surface area contributed by atoms with Crippen LogP contribution in [0, 0.1) is 0 Å². The molecular formula is C20H30BrNO4. The Kier molecular flexibility index (Phi) is 10.3. The molecule has 0 fully saturated rings. The topological polar surface area (TPSA) is 64.6 Å². The van der Waals surface area contributed by atoms with Gasteiger partial charge < -0.3 is 14.8 Å². The quantitative estimate of drug-likeness (QED) is 0.325. The van der Waals surface area contributed by atoms with Crippen molar-refractivity contribution in [2.24, 2.45) is 0 Å². The molecule has 1 rings (SSSR count). The number of alkyl carbamates (subject to hydrolysis) is 1. The second-order valence-electron chi connectivity index (χ2n) is 7.18. The lowest BCUT2D eigenvalue weighted by molar-refractivity contribution is -0.157. The van der Waals surface area contributed by atoms with Crippen molar-refractivity contribution in [1.82, 2.24) is 5.32 Å². The SMILES string of the molecule is CC(C)(C)OC(=O)[C@H](CCCCCCBr)NC(=O)OCc1ccccc1. The van der Waals surface area contributed by atoms with Crippen LogP contribution in [0.15, 0.2) is 30.3 Å². The summed E-state index contributed by atoms with van der Waals surface area (Å²) in [4.78, 5) is 24.5. The Balaban J connectivity index is 2.53. The summed E-state index contributed by atoms with van der Waals surface area (Å²) in [6, 6.07) is 8.73. The van der Waals surface area contributed by atoms with Crippen LogP contribution in [0.1, 0.15) is 58.4 Å². The van der Waals surface area contributed by atoms with E-state index < -0.39 is 23.7 Å². The average molecular weight is 428 g/mol. The van der Waals surface area contributed by atoms with Gasteiger partial charge in [0.05, 0.1) is 0 Å². The van der Waals surface area contributed by atoms with Gasteiger partial charge in [-0.15, -0.1) is 0 Å². The number of hydrogen-bond donors (Lipinski definition) is 1. The number of alkyl halides is 1. The number of hydrogen-bond acceptors (Lipinski definition) is 4. The monoisotopic (exact) mass is 427 g/mol. The summed E-state index contributed by atoms with van der Waals surface area (Å²) in [5.41, 5.74) is 0.298. The van der Waals surface area contributed by atoms with E-state index in [1.807, 2.05) is 51.1 Å². The van der Waals surface area contributed by atoms with Gasteiger partial charge in [-0.2, -0.15) is 0 Å². The summed E-state index contributed by atoms with van der Waals surface area (Å²) in [6.45, 7) is 5.60. The third kappa shape index (κ3) is 10.4. The van der Waals surface area contributed by atoms with Crippen LogP contribution in [-0.4, -0.2) is 29.0 Å². The van der Waals surface area contributed by atoms with Crippen LogP contribution < -0.4 is 5.32 Å². The first kappa shape index (κ1) is 22.5. The van der Waals surface area contributed by atoms with Crippen molar-refractivity contribution in [2.45, 2.75) is 71.1 Å². The molecule has 26 heavy (non-hydrogen) atoms. The molecule has 0 saturated carbocycles. The fourth-order valence-corrected chi connectivity index (χ4v) is 2.72. The van der Waals surface area contributed by atoms with Crippen molar-refractivity contribution >= 4 is 28.0 Å². The van der Waals surface area contributed by atoms with Gasteiger partial charge >= 0.3 is 12.1 Å². The molecule has 0 saturated heterocycles. The molecule has 0 radical (unpaired) electrons. The molecule has 0 aromatic heterocycles. The highest BCUT2D eigenvalue weighted by Crippen LogP contribution is 2.13. The lowest BCUT2D eigenvalue weighted by Gasteiger charge is -2.24. The minimum Gasteiger partial charge on any atom is -0.458 e. The van der Waals surface area contributed by atoms with Gasteiger partial charge in [-0.25, -0.2) is 9.59 Å². The Hall–Kier alpha value is -1.56. The largest absolute Gasteiger partial charge is 0.458 e. The molecule has 0 aliphatic rings. The second kappa shape index (κ2) is 11.9. The van der Waals surface area contributed by atoms with Gasteiger partial charge in [0, 0.05) is 5.33 Å². The molecule has 0 spiro atoms. The van der Waals surface area contributed by atoms with Gasteiger partial charge in [0.2, 0.25) is 0 Å². The molecule has 0 aliphatic carbocycles. The normalized spacial score (nSPS) is 12.3. The van der Waals surface area contributed by atoms with Gasteiger partial charge in [-0.1, -0.05) is 65.5 Å². The molecule has 1 aromatic carbocycles. The summed E-state index contributed by atoms with van der Waals surface area (Å²) in [5.74, 6) is -0.422. The maximum absolute atomic E-state index is 12.4. The van der Waals surface area contributed by atoms with Gasteiger partial charge in [-0.05, 0) is 39.2 Å². The van der Waals surface area contributed by atoms with E-state index in [0.29, 0.717) is 6.42 Å². The van der Waals surface area contributed by atoms with E-state index in [1.165, 1.54) is 0 Å². The van der Waals surface area contributed by atoms with Crippen molar-refractivity contribution < 1.29 is 19.1 Å². The highest BCUT2D eigenvalue weighted by molar-refractivity contribution is 9.09. The van der Waals surface area contributed by atoms with Crippen molar-refractivity contribution in [1.29, 1.82) is 0 Å².